The van der Waals surface area contributed by atoms with Gasteiger partial charge in [0, 0.05) is 11.8 Å². The Morgan fingerprint density at radius 3 is 2.32 bits per heavy atom. The van der Waals surface area contributed by atoms with Gasteiger partial charge in [0.05, 0.1) is 17.5 Å². The van der Waals surface area contributed by atoms with Gasteiger partial charge in [0.25, 0.3) is 5.69 Å². The number of nitrogens with zero attached hydrogens (tertiary/aromatic N) is 2. The van der Waals surface area contributed by atoms with Crippen LogP contribution in [0.1, 0.15) is 19.4 Å². The van der Waals surface area contributed by atoms with Crippen LogP contribution < -0.4 is 10.6 Å². The van der Waals surface area contributed by atoms with E-state index in [0.29, 0.717) is 0 Å². The summed E-state index contributed by atoms with van der Waals surface area (Å²) in [5.74, 6) is -0.674. The summed E-state index contributed by atoms with van der Waals surface area (Å²) in [5.41, 5.74) is 1.72. The first-order chi connectivity index (χ1) is 13.3. The Labute approximate surface area is 163 Å². The highest BCUT2D eigenvalue weighted by Gasteiger charge is 2.23. The largest absolute Gasteiger partial charge is 0.325 e. The lowest BCUT2D eigenvalue weighted by atomic mass is 10.1. The molecule has 2 aromatic rings. The Hall–Kier alpha value is -3.26. The van der Waals surface area contributed by atoms with E-state index < -0.39 is 16.9 Å². The molecule has 0 bridgehead atoms. The maximum Gasteiger partial charge on any atom is 0.292 e. The first-order valence-electron chi connectivity index (χ1n) is 8.95. The van der Waals surface area contributed by atoms with Crippen LogP contribution in [-0.4, -0.2) is 41.3 Å². The van der Waals surface area contributed by atoms with E-state index in [-0.39, 0.29) is 23.8 Å². The molecule has 0 radical (unpaired) electrons. The number of likely N-dealkylation sites (N-methyl/N-ethyl adjacent to an activating group) is 1. The van der Waals surface area contributed by atoms with Gasteiger partial charge in [-0.25, -0.2) is 0 Å². The predicted molar refractivity (Wildman–Crippen MR) is 108 cm³/mol. The van der Waals surface area contributed by atoms with E-state index in [0.717, 1.165) is 17.7 Å². The molecule has 0 aliphatic heterocycles. The van der Waals surface area contributed by atoms with Crippen LogP contribution in [0.5, 0.6) is 0 Å². The number of hydrogen-bond donors (Lipinski definition) is 2. The summed E-state index contributed by atoms with van der Waals surface area (Å²) in [7, 11) is 1.65. The van der Waals surface area contributed by atoms with Crippen LogP contribution >= 0.6 is 0 Å². The predicted octanol–water partition coefficient (Wildman–Crippen LogP) is 3.05. The minimum atomic E-state index is -0.660. The number of hydrogen-bond acceptors (Lipinski definition) is 5. The van der Waals surface area contributed by atoms with Gasteiger partial charge in [0.2, 0.25) is 11.8 Å². The van der Waals surface area contributed by atoms with E-state index >= 15 is 0 Å². The van der Waals surface area contributed by atoms with Crippen molar-refractivity contribution in [1.29, 1.82) is 0 Å². The number of carbonyl (C=O) groups is 2. The molecule has 28 heavy (non-hydrogen) atoms. The molecule has 0 saturated carbocycles. The number of carbonyl (C=O) groups excluding carboxylic acids is 2. The monoisotopic (exact) mass is 384 g/mol. The third-order valence-corrected chi connectivity index (χ3v) is 4.46. The second-order valence-electron chi connectivity index (χ2n) is 6.41. The van der Waals surface area contributed by atoms with Gasteiger partial charge < -0.3 is 10.6 Å². The number of aryl methyl sites for hydroxylation is 1. The first kappa shape index (κ1) is 21.0. The first-order valence-corrected chi connectivity index (χ1v) is 8.95. The average Bonchev–Trinajstić information content (AvgIpc) is 2.67. The zero-order valence-corrected chi connectivity index (χ0v) is 16.1. The molecule has 2 rings (SSSR count). The third-order valence-electron chi connectivity index (χ3n) is 4.46. The molecule has 148 valence electrons. The molecule has 2 amide bonds. The Morgan fingerprint density at radius 1 is 1.07 bits per heavy atom. The minimum Gasteiger partial charge on any atom is -0.325 e. The lowest BCUT2D eigenvalue weighted by molar-refractivity contribution is -0.383. The van der Waals surface area contributed by atoms with Gasteiger partial charge in [-0.15, -0.1) is 0 Å². The molecule has 1 atom stereocenters. The zero-order valence-electron chi connectivity index (χ0n) is 16.1. The van der Waals surface area contributed by atoms with Crippen molar-refractivity contribution in [2.45, 2.75) is 26.3 Å². The van der Waals surface area contributed by atoms with Gasteiger partial charge in [-0.05, 0) is 38.1 Å². The molecule has 0 spiro atoms. The lowest BCUT2D eigenvalue weighted by Gasteiger charge is -2.23. The number of benzene rings is 2. The summed E-state index contributed by atoms with van der Waals surface area (Å²) in [6, 6.07) is 12.8. The maximum absolute atomic E-state index is 12.5. The molecule has 0 unspecified atom stereocenters. The van der Waals surface area contributed by atoms with Crippen molar-refractivity contribution < 1.29 is 14.5 Å². The number of nitro benzene ring substituents is 1. The number of rotatable bonds is 8. The molecule has 0 heterocycles. The number of nitro groups is 1. The molecule has 2 N–H and O–H groups in total. The molecule has 0 aliphatic rings. The van der Waals surface area contributed by atoms with E-state index in [1.54, 1.807) is 24.9 Å². The van der Waals surface area contributed by atoms with Crippen molar-refractivity contribution in [2.24, 2.45) is 0 Å². The van der Waals surface area contributed by atoms with Crippen LogP contribution in [0.4, 0.5) is 17.1 Å². The van der Waals surface area contributed by atoms with E-state index in [9.17, 15) is 19.7 Å². The van der Waals surface area contributed by atoms with Crippen LogP contribution in [0.2, 0.25) is 0 Å². The number of amides is 2. The van der Waals surface area contributed by atoms with Crippen molar-refractivity contribution in [3.8, 4) is 0 Å². The van der Waals surface area contributed by atoms with E-state index in [4.69, 9.17) is 0 Å². The SMILES string of the molecule is CCc1ccccc1NC(=O)CN(C)[C@H](C)C(=O)Nc1ccccc1[N+](=O)[O-]. The fourth-order valence-electron chi connectivity index (χ4n) is 2.68. The summed E-state index contributed by atoms with van der Waals surface area (Å²) in [6.45, 7) is 3.65. The molecule has 2 aromatic carbocycles. The summed E-state index contributed by atoms with van der Waals surface area (Å²) < 4.78 is 0. The van der Waals surface area contributed by atoms with Crippen molar-refractivity contribution >= 4 is 28.9 Å². The van der Waals surface area contributed by atoms with Crippen molar-refractivity contribution in [1.82, 2.24) is 4.90 Å². The van der Waals surface area contributed by atoms with Crippen LogP contribution in [0.3, 0.4) is 0 Å². The standard InChI is InChI=1S/C20H24N4O4/c1-4-15-9-5-6-10-16(15)21-19(25)13-23(3)14(2)20(26)22-17-11-7-8-12-18(17)24(27)28/h5-12,14H,4,13H2,1-3H3,(H,21,25)(H,22,26)/t14-/m1/s1. The maximum atomic E-state index is 12.5. The average molecular weight is 384 g/mol. The number of nitrogens with one attached hydrogen (secondary N) is 2. The zero-order chi connectivity index (χ0) is 20.7. The highest BCUT2D eigenvalue weighted by Crippen LogP contribution is 2.23. The minimum absolute atomic E-state index is 0.00349. The molecule has 0 fully saturated rings. The number of anilines is 2. The summed E-state index contributed by atoms with van der Waals surface area (Å²) in [4.78, 5) is 36.9. The van der Waals surface area contributed by atoms with Crippen molar-refractivity contribution in [3.63, 3.8) is 0 Å². The Balaban J connectivity index is 1.98. The summed E-state index contributed by atoms with van der Waals surface area (Å²) in [5, 5.41) is 16.5. The third kappa shape index (κ3) is 5.37. The van der Waals surface area contributed by atoms with Gasteiger partial charge in [0.15, 0.2) is 0 Å². The molecule has 0 aliphatic carbocycles. The highest BCUT2D eigenvalue weighted by molar-refractivity contribution is 5.97. The second-order valence-corrected chi connectivity index (χ2v) is 6.41. The highest BCUT2D eigenvalue weighted by atomic mass is 16.6. The smallest absolute Gasteiger partial charge is 0.292 e. The van der Waals surface area contributed by atoms with Crippen LogP contribution in [0.25, 0.3) is 0 Å². The van der Waals surface area contributed by atoms with Crippen molar-refractivity contribution in [3.05, 3.63) is 64.2 Å². The molecular weight excluding hydrogens is 360 g/mol. The van der Waals surface area contributed by atoms with E-state index in [1.165, 1.54) is 18.2 Å². The molecule has 8 heteroatoms. The van der Waals surface area contributed by atoms with E-state index in [2.05, 4.69) is 10.6 Å². The Bertz CT molecular complexity index is 869. The van der Waals surface area contributed by atoms with Gasteiger partial charge in [-0.1, -0.05) is 37.3 Å². The lowest BCUT2D eigenvalue weighted by Crippen LogP contribution is -2.43. The normalized spacial score (nSPS) is 11.7. The summed E-state index contributed by atoms with van der Waals surface area (Å²) in [6.07, 6.45) is 0.793. The van der Waals surface area contributed by atoms with Gasteiger partial charge in [-0.2, -0.15) is 0 Å². The molecule has 0 aromatic heterocycles. The fourth-order valence-corrected chi connectivity index (χ4v) is 2.68. The van der Waals surface area contributed by atoms with Crippen LogP contribution in [0.15, 0.2) is 48.5 Å². The fraction of sp³-hybridized carbons (Fsp3) is 0.300. The van der Waals surface area contributed by atoms with Crippen LogP contribution in [0, 0.1) is 10.1 Å². The van der Waals surface area contributed by atoms with Gasteiger partial charge in [0.1, 0.15) is 5.69 Å². The second kappa shape index (κ2) is 9.61. The van der Waals surface area contributed by atoms with E-state index in [1.807, 2.05) is 31.2 Å². The summed E-state index contributed by atoms with van der Waals surface area (Å²) >= 11 is 0. The quantitative estimate of drug-likeness (QED) is 0.538. The van der Waals surface area contributed by atoms with Gasteiger partial charge in [-0.3, -0.25) is 24.6 Å². The number of para-hydroxylation sites is 3. The van der Waals surface area contributed by atoms with Crippen molar-refractivity contribution in [2.75, 3.05) is 24.2 Å². The Morgan fingerprint density at radius 2 is 1.68 bits per heavy atom. The topological polar surface area (TPSA) is 105 Å². The van der Waals surface area contributed by atoms with Gasteiger partial charge >= 0.3 is 0 Å². The Kier molecular flexibility index (Phi) is 7.22. The molecular formula is C20H24N4O4. The molecule has 8 nitrogen and oxygen atoms in total. The van der Waals surface area contributed by atoms with Crippen LogP contribution in [-0.2, 0) is 16.0 Å². The molecule has 0 saturated heterocycles.